The fourth-order valence-electron chi connectivity index (χ4n) is 1.12. The van der Waals surface area contributed by atoms with Crippen LogP contribution in [0.1, 0.15) is 26.7 Å². The van der Waals surface area contributed by atoms with Gasteiger partial charge in [0.05, 0.1) is 5.88 Å². The van der Waals surface area contributed by atoms with E-state index < -0.39 is 0 Å². The van der Waals surface area contributed by atoms with Crippen LogP contribution in [-0.2, 0) is 9.53 Å². The van der Waals surface area contributed by atoms with Gasteiger partial charge in [0.1, 0.15) is 11.7 Å². The van der Waals surface area contributed by atoms with Gasteiger partial charge in [0.2, 0.25) is 0 Å². The van der Waals surface area contributed by atoms with Gasteiger partial charge in [0, 0.05) is 6.42 Å². The molecule has 2 nitrogen and oxygen atoms in total. The number of rotatable bonds is 4. The van der Waals surface area contributed by atoms with E-state index in [4.69, 9.17) is 16.3 Å². The van der Waals surface area contributed by atoms with Crippen LogP contribution in [0.2, 0.25) is 0 Å². The summed E-state index contributed by atoms with van der Waals surface area (Å²) < 4.78 is 5.19. The second-order valence-electron chi connectivity index (χ2n) is 3.16. The van der Waals surface area contributed by atoms with Crippen molar-refractivity contribution in [3.63, 3.8) is 0 Å². The molecule has 3 heteroatoms. The fraction of sp³-hybridized carbons (Fsp3) is 0.875. The van der Waals surface area contributed by atoms with E-state index in [0.29, 0.717) is 12.3 Å². The minimum absolute atomic E-state index is 0.190. The maximum absolute atomic E-state index is 11.2. The van der Waals surface area contributed by atoms with Gasteiger partial charge in [-0.2, -0.15) is 0 Å². The lowest BCUT2D eigenvalue weighted by molar-refractivity contribution is -0.120. The number of carbonyl (C=O) groups is 1. The lowest BCUT2D eigenvalue weighted by Crippen LogP contribution is -2.18. The predicted octanol–water partition coefficient (Wildman–Crippen LogP) is 1.75. The zero-order chi connectivity index (χ0) is 8.48. The monoisotopic (exact) mass is 176 g/mol. The Labute approximate surface area is 71.9 Å². The molecule has 0 radical (unpaired) electrons. The van der Waals surface area contributed by atoms with Gasteiger partial charge >= 0.3 is 0 Å². The summed E-state index contributed by atoms with van der Waals surface area (Å²) in [5.74, 6) is 0.600. The van der Waals surface area contributed by atoms with Gasteiger partial charge < -0.3 is 4.74 Å². The molecule has 11 heavy (non-hydrogen) atoms. The van der Waals surface area contributed by atoms with Crippen molar-refractivity contribution in [2.45, 2.75) is 38.4 Å². The topological polar surface area (TPSA) is 29.6 Å². The average molecular weight is 177 g/mol. The Bertz CT molecular complexity index is 169. The maximum Gasteiger partial charge on any atom is 0.164 e. The third-order valence-corrected chi connectivity index (χ3v) is 2.47. The summed E-state index contributed by atoms with van der Waals surface area (Å²) in [6.07, 6.45) is 1.27. The van der Waals surface area contributed by atoms with Crippen LogP contribution < -0.4 is 0 Å². The highest BCUT2D eigenvalue weighted by Crippen LogP contribution is 2.38. The van der Waals surface area contributed by atoms with E-state index in [0.717, 1.165) is 6.42 Å². The lowest BCUT2D eigenvalue weighted by Gasteiger charge is -1.97. The van der Waals surface area contributed by atoms with Crippen LogP contribution in [0.4, 0.5) is 0 Å². The van der Waals surface area contributed by atoms with Gasteiger partial charge in [-0.25, -0.2) is 0 Å². The summed E-state index contributed by atoms with van der Waals surface area (Å²) in [6, 6.07) is 0. The van der Waals surface area contributed by atoms with E-state index in [1.165, 1.54) is 0 Å². The minimum Gasteiger partial charge on any atom is -0.357 e. The Balaban J connectivity index is 2.36. The highest BCUT2D eigenvalue weighted by atomic mass is 35.5. The molecule has 0 bridgehead atoms. The molecule has 1 fully saturated rings. The van der Waals surface area contributed by atoms with Gasteiger partial charge in [-0.15, -0.1) is 11.6 Å². The lowest BCUT2D eigenvalue weighted by atomic mass is 10.0. The molecule has 0 aromatic carbocycles. The Hall–Kier alpha value is -0.0800. The number of carbonyl (C=O) groups excluding carboxylic acids is 1. The first-order chi connectivity index (χ1) is 5.14. The molecule has 2 atom stereocenters. The molecule has 1 aliphatic rings. The highest BCUT2D eigenvalue weighted by Gasteiger charge is 2.55. The molecule has 0 aromatic heterocycles. The van der Waals surface area contributed by atoms with Gasteiger partial charge in [-0.05, 0) is 13.3 Å². The van der Waals surface area contributed by atoms with Crippen LogP contribution in [0, 0.1) is 0 Å². The van der Waals surface area contributed by atoms with Gasteiger partial charge in [0.15, 0.2) is 5.78 Å². The molecule has 0 saturated carbocycles. The van der Waals surface area contributed by atoms with Crippen molar-refractivity contribution in [3.8, 4) is 0 Å². The molecule has 64 valence electrons. The molecule has 0 spiro atoms. The van der Waals surface area contributed by atoms with Crippen molar-refractivity contribution in [2.75, 3.05) is 5.88 Å². The second kappa shape index (κ2) is 3.11. The molecule has 1 heterocycles. The summed E-state index contributed by atoms with van der Waals surface area (Å²) in [5, 5.41) is 0. The van der Waals surface area contributed by atoms with E-state index in [9.17, 15) is 4.79 Å². The number of Topliss-reactive ketones (excluding diaryl/α,β-unsaturated/α-hetero) is 1. The van der Waals surface area contributed by atoms with Crippen molar-refractivity contribution < 1.29 is 9.53 Å². The maximum atomic E-state index is 11.2. The highest BCUT2D eigenvalue weighted by molar-refractivity contribution is 6.19. The van der Waals surface area contributed by atoms with Gasteiger partial charge in [0.25, 0.3) is 0 Å². The Morgan fingerprint density at radius 2 is 2.36 bits per heavy atom. The summed E-state index contributed by atoms with van der Waals surface area (Å²) >= 11 is 5.60. The van der Waals surface area contributed by atoms with Crippen LogP contribution >= 0.6 is 11.6 Å². The molecule has 1 aliphatic heterocycles. The first-order valence-corrected chi connectivity index (χ1v) is 4.44. The van der Waals surface area contributed by atoms with E-state index in [1.807, 2.05) is 13.8 Å². The number of ether oxygens (including phenoxy) is 1. The molecule has 1 rings (SSSR count). The van der Waals surface area contributed by atoms with Crippen molar-refractivity contribution >= 4 is 17.4 Å². The first kappa shape index (κ1) is 9.01. The van der Waals surface area contributed by atoms with Gasteiger partial charge in [-0.3, -0.25) is 4.79 Å². The minimum atomic E-state index is -0.353. The molecule has 0 aliphatic carbocycles. The predicted molar refractivity (Wildman–Crippen MR) is 43.9 cm³/mol. The smallest absolute Gasteiger partial charge is 0.164 e. The number of alkyl halides is 1. The molecular formula is C8H13ClO2. The molecule has 1 saturated heterocycles. The van der Waals surface area contributed by atoms with Crippen molar-refractivity contribution in [3.05, 3.63) is 0 Å². The summed E-state index contributed by atoms with van der Waals surface area (Å²) in [4.78, 5) is 11.2. The van der Waals surface area contributed by atoms with Gasteiger partial charge in [-0.1, -0.05) is 6.92 Å². The average Bonchev–Trinajstić information content (AvgIpc) is 2.65. The zero-order valence-electron chi connectivity index (χ0n) is 6.89. The van der Waals surface area contributed by atoms with E-state index in [2.05, 4.69) is 0 Å². The molecule has 0 N–H and O–H groups in total. The van der Waals surface area contributed by atoms with E-state index in [-0.39, 0.29) is 17.5 Å². The van der Waals surface area contributed by atoms with Crippen LogP contribution in [-0.4, -0.2) is 23.4 Å². The summed E-state index contributed by atoms with van der Waals surface area (Å²) in [6.45, 7) is 3.86. The van der Waals surface area contributed by atoms with Crippen LogP contribution in [0.15, 0.2) is 0 Å². The summed E-state index contributed by atoms with van der Waals surface area (Å²) in [7, 11) is 0. The first-order valence-electron chi connectivity index (χ1n) is 3.90. The third-order valence-electron chi connectivity index (χ3n) is 1.94. The standard InChI is InChI=1S/C8H13ClO2/c1-3-4-6(10)7-8(2,5-9)11-7/h7H,3-5H2,1-2H3. The third kappa shape index (κ3) is 1.74. The van der Waals surface area contributed by atoms with Crippen molar-refractivity contribution in [1.82, 2.24) is 0 Å². The second-order valence-corrected chi connectivity index (χ2v) is 3.43. The normalized spacial score (nSPS) is 35.4. The van der Waals surface area contributed by atoms with Crippen LogP contribution in [0.5, 0.6) is 0 Å². The Morgan fingerprint density at radius 3 is 2.73 bits per heavy atom. The van der Waals surface area contributed by atoms with Crippen molar-refractivity contribution in [1.29, 1.82) is 0 Å². The number of hydrogen-bond donors (Lipinski definition) is 0. The Kier molecular flexibility index (Phi) is 2.55. The van der Waals surface area contributed by atoms with E-state index >= 15 is 0 Å². The van der Waals surface area contributed by atoms with Crippen LogP contribution in [0.25, 0.3) is 0 Å². The Morgan fingerprint density at radius 1 is 1.73 bits per heavy atom. The molecular weight excluding hydrogens is 164 g/mol. The fourth-order valence-corrected chi connectivity index (χ4v) is 1.32. The zero-order valence-corrected chi connectivity index (χ0v) is 7.65. The molecule has 2 unspecified atom stereocenters. The van der Waals surface area contributed by atoms with Crippen molar-refractivity contribution in [2.24, 2.45) is 0 Å². The number of epoxide rings is 1. The number of halogens is 1. The van der Waals surface area contributed by atoms with E-state index in [1.54, 1.807) is 0 Å². The quantitative estimate of drug-likeness (QED) is 0.483. The number of ketones is 1. The summed E-state index contributed by atoms with van der Waals surface area (Å²) in [5.41, 5.74) is -0.353. The van der Waals surface area contributed by atoms with Crippen LogP contribution in [0.3, 0.4) is 0 Å². The number of hydrogen-bond acceptors (Lipinski definition) is 2. The SMILES string of the molecule is CCCC(=O)C1OC1(C)CCl. The molecule has 0 aromatic rings. The largest absolute Gasteiger partial charge is 0.357 e. The molecule has 0 amide bonds.